The van der Waals surface area contributed by atoms with Crippen molar-refractivity contribution in [3.8, 4) is 5.75 Å². The van der Waals surface area contributed by atoms with Crippen molar-refractivity contribution in [3.63, 3.8) is 0 Å². The van der Waals surface area contributed by atoms with E-state index < -0.39 is 0 Å². The highest BCUT2D eigenvalue weighted by molar-refractivity contribution is 7.10. The Kier molecular flexibility index (Phi) is 7.76. The van der Waals surface area contributed by atoms with Crippen LogP contribution in [0, 0.1) is 13.8 Å². The lowest BCUT2D eigenvalue weighted by atomic mass is 10.0. The van der Waals surface area contributed by atoms with Crippen molar-refractivity contribution in [1.29, 1.82) is 0 Å². The van der Waals surface area contributed by atoms with Crippen LogP contribution in [-0.4, -0.2) is 47.5 Å². The first-order valence-corrected chi connectivity index (χ1v) is 12.9. The van der Waals surface area contributed by atoms with Crippen molar-refractivity contribution in [2.75, 3.05) is 25.0 Å². The maximum atomic E-state index is 13.6. The molecule has 2 aromatic carbocycles. The third-order valence-corrected chi connectivity index (χ3v) is 7.33. The fourth-order valence-electron chi connectivity index (χ4n) is 4.24. The van der Waals surface area contributed by atoms with Gasteiger partial charge in [-0.15, -0.1) is 11.3 Å². The molecule has 1 aliphatic heterocycles. The predicted octanol–water partition coefficient (Wildman–Crippen LogP) is 5.81. The van der Waals surface area contributed by atoms with Crippen LogP contribution in [0.2, 0.25) is 0 Å². The highest BCUT2D eigenvalue weighted by atomic mass is 32.1. The second kappa shape index (κ2) is 11.0. The van der Waals surface area contributed by atoms with Crippen molar-refractivity contribution in [2.24, 2.45) is 0 Å². The van der Waals surface area contributed by atoms with E-state index in [0.29, 0.717) is 18.8 Å². The van der Waals surface area contributed by atoms with Crippen LogP contribution in [0.5, 0.6) is 5.75 Å². The van der Waals surface area contributed by atoms with Crippen LogP contribution >= 0.6 is 11.3 Å². The van der Waals surface area contributed by atoms with Gasteiger partial charge >= 0.3 is 6.03 Å². The molecule has 4 rings (SSSR count). The number of amides is 3. The first kappa shape index (κ1) is 24.8. The van der Waals surface area contributed by atoms with Crippen molar-refractivity contribution < 1.29 is 14.3 Å². The molecule has 7 heteroatoms. The first-order valence-electron chi connectivity index (χ1n) is 12.0. The van der Waals surface area contributed by atoms with Gasteiger partial charge in [0.1, 0.15) is 18.9 Å². The van der Waals surface area contributed by atoms with Crippen LogP contribution < -0.4 is 10.1 Å². The number of benzene rings is 2. The Hall–Kier alpha value is -3.32. The summed E-state index contributed by atoms with van der Waals surface area (Å²) in [6.45, 7) is 8.88. The SMILES string of the molecule is Cc1ccc(NC(=O)N(CC(=O)N2CCc3sccc3C2COc2ccc(C)cc2)C(C)C)cc1. The molecule has 1 aromatic heterocycles. The van der Waals surface area contributed by atoms with Gasteiger partial charge in [0, 0.05) is 23.2 Å². The summed E-state index contributed by atoms with van der Waals surface area (Å²) in [5.41, 5.74) is 4.14. The van der Waals surface area contributed by atoms with Gasteiger partial charge in [0.15, 0.2) is 0 Å². The highest BCUT2D eigenvalue weighted by Crippen LogP contribution is 2.34. The number of urea groups is 1. The van der Waals surface area contributed by atoms with E-state index in [1.165, 1.54) is 10.4 Å². The molecule has 6 nitrogen and oxygen atoms in total. The van der Waals surface area contributed by atoms with Gasteiger partial charge in [0.05, 0.1) is 6.04 Å². The third-order valence-electron chi connectivity index (χ3n) is 6.34. The molecule has 1 aliphatic rings. The molecule has 0 radical (unpaired) electrons. The van der Waals surface area contributed by atoms with Gasteiger partial charge in [0.25, 0.3) is 0 Å². The largest absolute Gasteiger partial charge is 0.491 e. The molecule has 3 aromatic rings. The van der Waals surface area contributed by atoms with E-state index in [2.05, 4.69) is 16.8 Å². The number of anilines is 1. The highest BCUT2D eigenvalue weighted by Gasteiger charge is 2.34. The molecule has 1 unspecified atom stereocenters. The fraction of sp³-hybridized carbons (Fsp3) is 0.357. The summed E-state index contributed by atoms with van der Waals surface area (Å²) in [5.74, 6) is 0.707. The molecule has 0 fully saturated rings. The molecule has 0 spiro atoms. The number of rotatable bonds is 7. The van der Waals surface area contributed by atoms with Gasteiger partial charge < -0.3 is 19.9 Å². The number of ether oxygens (including phenoxy) is 1. The maximum absolute atomic E-state index is 13.6. The lowest BCUT2D eigenvalue weighted by molar-refractivity contribution is -0.135. The number of aryl methyl sites for hydroxylation is 2. The van der Waals surface area contributed by atoms with Gasteiger partial charge in [-0.1, -0.05) is 35.4 Å². The number of nitrogens with zero attached hydrogens (tertiary/aromatic N) is 2. The summed E-state index contributed by atoms with van der Waals surface area (Å²) < 4.78 is 6.11. The second-order valence-corrected chi connectivity index (χ2v) is 10.3. The van der Waals surface area contributed by atoms with E-state index in [1.807, 2.05) is 81.1 Å². The first-order chi connectivity index (χ1) is 16.8. The number of carbonyl (C=O) groups excluding carboxylic acids is 2. The summed E-state index contributed by atoms with van der Waals surface area (Å²) in [4.78, 5) is 31.4. The van der Waals surface area contributed by atoms with Gasteiger partial charge in [-0.25, -0.2) is 4.79 Å². The smallest absolute Gasteiger partial charge is 0.322 e. The van der Waals surface area contributed by atoms with Gasteiger partial charge in [0.2, 0.25) is 5.91 Å². The second-order valence-electron chi connectivity index (χ2n) is 9.29. The Morgan fingerprint density at radius 3 is 2.37 bits per heavy atom. The summed E-state index contributed by atoms with van der Waals surface area (Å²) >= 11 is 1.72. The molecule has 3 amide bonds. The number of fused-ring (bicyclic) bond motifs is 1. The zero-order valence-electron chi connectivity index (χ0n) is 20.8. The molecule has 35 heavy (non-hydrogen) atoms. The molecule has 1 N–H and O–H groups in total. The Labute approximate surface area is 211 Å². The molecule has 184 valence electrons. The minimum absolute atomic E-state index is 0.00979. The summed E-state index contributed by atoms with van der Waals surface area (Å²) in [6.07, 6.45) is 0.816. The topological polar surface area (TPSA) is 61.9 Å². The van der Waals surface area contributed by atoms with E-state index in [9.17, 15) is 9.59 Å². The Balaban J connectivity index is 1.48. The standard InChI is InChI=1S/C28H33N3O3S/c1-19(2)31(28(33)29-22-9-5-20(3)6-10-22)17-27(32)30-15-13-26-24(14-16-35-26)25(30)18-34-23-11-7-21(4)8-12-23/h5-12,14,16,19,25H,13,15,17-18H2,1-4H3,(H,29,33). The zero-order chi connectivity index (χ0) is 24.9. The quantitative estimate of drug-likeness (QED) is 0.454. The number of carbonyl (C=O) groups is 2. The van der Waals surface area contributed by atoms with Crippen LogP contribution in [-0.2, 0) is 11.2 Å². The number of hydrogen-bond donors (Lipinski definition) is 1. The molecular weight excluding hydrogens is 458 g/mol. The molecule has 0 saturated carbocycles. The van der Waals surface area contributed by atoms with Crippen molar-refractivity contribution in [1.82, 2.24) is 9.80 Å². The predicted molar refractivity (Wildman–Crippen MR) is 141 cm³/mol. The molecule has 0 bridgehead atoms. The average Bonchev–Trinajstić information content (AvgIpc) is 3.32. The molecule has 1 atom stereocenters. The summed E-state index contributed by atoms with van der Waals surface area (Å²) in [6, 6.07) is 17.1. The lowest BCUT2D eigenvalue weighted by Crippen LogP contribution is -2.50. The van der Waals surface area contributed by atoms with Crippen molar-refractivity contribution >= 4 is 29.0 Å². The van der Waals surface area contributed by atoms with Crippen molar-refractivity contribution in [2.45, 2.75) is 46.2 Å². The molecule has 2 heterocycles. The number of nitrogens with one attached hydrogen (secondary N) is 1. The summed E-state index contributed by atoms with van der Waals surface area (Å²) in [5, 5.41) is 5.00. The van der Waals surface area contributed by atoms with Crippen LogP contribution in [0.4, 0.5) is 10.5 Å². The minimum Gasteiger partial charge on any atom is -0.491 e. The van der Waals surface area contributed by atoms with Gasteiger partial charge in [-0.3, -0.25) is 4.79 Å². The van der Waals surface area contributed by atoms with Crippen LogP contribution in [0.1, 0.15) is 41.5 Å². The fourth-order valence-corrected chi connectivity index (χ4v) is 5.17. The van der Waals surface area contributed by atoms with E-state index in [-0.39, 0.29) is 30.6 Å². The Morgan fingerprint density at radius 2 is 1.71 bits per heavy atom. The van der Waals surface area contributed by atoms with Crippen molar-refractivity contribution in [3.05, 3.63) is 81.5 Å². The van der Waals surface area contributed by atoms with E-state index in [1.54, 1.807) is 16.2 Å². The number of hydrogen-bond acceptors (Lipinski definition) is 4. The van der Waals surface area contributed by atoms with Gasteiger partial charge in [-0.2, -0.15) is 0 Å². The average molecular weight is 492 g/mol. The molecule has 0 saturated heterocycles. The van der Waals surface area contributed by atoms with E-state index in [0.717, 1.165) is 23.3 Å². The van der Waals surface area contributed by atoms with Gasteiger partial charge in [-0.05, 0) is 75.4 Å². The summed E-state index contributed by atoms with van der Waals surface area (Å²) in [7, 11) is 0. The number of thiophene rings is 1. The Bertz CT molecular complexity index is 1150. The van der Waals surface area contributed by atoms with E-state index >= 15 is 0 Å². The Morgan fingerprint density at radius 1 is 1.06 bits per heavy atom. The third kappa shape index (κ3) is 6.03. The van der Waals surface area contributed by atoms with Crippen LogP contribution in [0.15, 0.2) is 60.0 Å². The van der Waals surface area contributed by atoms with Crippen LogP contribution in [0.25, 0.3) is 0 Å². The van der Waals surface area contributed by atoms with Crippen LogP contribution in [0.3, 0.4) is 0 Å². The van der Waals surface area contributed by atoms with E-state index in [4.69, 9.17) is 4.74 Å². The minimum atomic E-state index is -0.280. The molecular formula is C28H33N3O3S. The molecule has 0 aliphatic carbocycles. The normalized spacial score (nSPS) is 15.0. The monoisotopic (exact) mass is 491 g/mol. The zero-order valence-corrected chi connectivity index (χ0v) is 21.6. The lowest BCUT2D eigenvalue weighted by Gasteiger charge is -2.37. The maximum Gasteiger partial charge on any atom is 0.322 e.